The number of nitrogens with one attached hydrogen (secondary N) is 1. The van der Waals surface area contributed by atoms with Crippen LogP contribution in [0, 0.1) is 12.7 Å². The number of thioether (sulfide) groups is 1. The lowest BCUT2D eigenvalue weighted by Crippen LogP contribution is -2.34. The SMILES string of the molecule is Cc1cc(-n2c(SCC(=O)N[C@@H](C)CCc3ccccc3)nc3ccsc3c2=O)ccc1F. The molecule has 0 bridgehead atoms. The molecular formula is C25H24FN3O2S2. The lowest BCUT2D eigenvalue weighted by molar-refractivity contribution is -0.119. The summed E-state index contributed by atoms with van der Waals surface area (Å²) in [5, 5.41) is 5.24. The van der Waals surface area contributed by atoms with Crippen LogP contribution in [0.1, 0.15) is 24.5 Å². The predicted molar refractivity (Wildman–Crippen MR) is 133 cm³/mol. The number of benzene rings is 2. The molecule has 0 spiro atoms. The minimum atomic E-state index is -0.338. The van der Waals surface area contributed by atoms with Crippen molar-refractivity contribution in [2.45, 2.75) is 37.9 Å². The van der Waals surface area contributed by atoms with Crippen molar-refractivity contribution < 1.29 is 9.18 Å². The minimum absolute atomic E-state index is 0.0209. The molecule has 0 aliphatic carbocycles. The first kappa shape index (κ1) is 23.2. The minimum Gasteiger partial charge on any atom is -0.353 e. The van der Waals surface area contributed by atoms with Gasteiger partial charge in [0, 0.05) is 6.04 Å². The number of nitrogens with zero attached hydrogens (tertiary/aromatic N) is 2. The van der Waals surface area contributed by atoms with E-state index in [4.69, 9.17) is 0 Å². The Kier molecular flexibility index (Phi) is 7.25. The Hall–Kier alpha value is -2.97. The third-order valence-corrected chi connectivity index (χ3v) is 7.13. The van der Waals surface area contributed by atoms with Crippen molar-refractivity contribution in [3.05, 3.63) is 87.3 Å². The number of halogens is 1. The van der Waals surface area contributed by atoms with Crippen LogP contribution in [-0.2, 0) is 11.2 Å². The average molecular weight is 482 g/mol. The monoisotopic (exact) mass is 481 g/mol. The lowest BCUT2D eigenvalue weighted by Gasteiger charge is -2.15. The fourth-order valence-corrected chi connectivity index (χ4v) is 5.11. The summed E-state index contributed by atoms with van der Waals surface area (Å²) >= 11 is 2.52. The van der Waals surface area contributed by atoms with Gasteiger partial charge in [0.1, 0.15) is 10.5 Å². The Balaban J connectivity index is 1.49. The van der Waals surface area contributed by atoms with Crippen molar-refractivity contribution in [3.8, 4) is 5.69 Å². The number of hydrogen-bond acceptors (Lipinski definition) is 5. The summed E-state index contributed by atoms with van der Waals surface area (Å²) in [5.74, 6) is -0.338. The van der Waals surface area contributed by atoms with Crippen LogP contribution in [0.15, 0.2) is 69.9 Å². The molecule has 33 heavy (non-hydrogen) atoms. The lowest BCUT2D eigenvalue weighted by atomic mass is 10.1. The van der Waals surface area contributed by atoms with Gasteiger partial charge in [-0.2, -0.15) is 0 Å². The van der Waals surface area contributed by atoms with Crippen molar-refractivity contribution in [2.75, 3.05) is 5.75 Å². The maximum Gasteiger partial charge on any atom is 0.276 e. The Morgan fingerprint density at radius 1 is 1.21 bits per heavy atom. The summed E-state index contributed by atoms with van der Waals surface area (Å²) in [6.07, 6.45) is 1.72. The topological polar surface area (TPSA) is 64.0 Å². The van der Waals surface area contributed by atoms with Gasteiger partial charge in [0.2, 0.25) is 5.91 Å². The van der Waals surface area contributed by atoms with E-state index in [0.29, 0.717) is 26.6 Å². The van der Waals surface area contributed by atoms with Crippen LogP contribution in [-0.4, -0.2) is 27.3 Å². The highest BCUT2D eigenvalue weighted by molar-refractivity contribution is 7.99. The molecule has 2 heterocycles. The molecule has 2 aromatic heterocycles. The van der Waals surface area contributed by atoms with Gasteiger partial charge in [0.15, 0.2) is 5.16 Å². The van der Waals surface area contributed by atoms with Crippen molar-refractivity contribution in [3.63, 3.8) is 0 Å². The molecule has 0 aliphatic heterocycles. The molecular weight excluding hydrogens is 457 g/mol. The van der Waals surface area contributed by atoms with E-state index in [0.717, 1.165) is 12.8 Å². The second-order valence-corrected chi connectivity index (χ2v) is 9.74. The Bertz CT molecular complexity index is 1330. The van der Waals surface area contributed by atoms with E-state index < -0.39 is 0 Å². The molecule has 1 amide bonds. The first-order valence-corrected chi connectivity index (χ1v) is 12.5. The summed E-state index contributed by atoms with van der Waals surface area (Å²) in [4.78, 5) is 30.4. The van der Waals surface area contributed by atoms with Crippen LogP contribution in [0.25, 0.3) is 15.9 Å². The maximum absolute atomic E-state index is 13.8. The van der Waals surface area contributed by atoms with E-state index >= 15 is 0 Å². The fraction of sp³-hybridized carbons (Fsp3) is 0.240. The molecule has 4 aromatic rings. The Labute approximate surface area is 199 Å². The first-order valence-electron chi connectivity index (χ1n) is 10.6. The summed E-state index contributed by atoms with van der Waals surface area (Å²) in [5.41, 5.74) is 2.58. The highest BCUT2D eigenvalue weighted by atomic mass is 32.2. The van der Waals surface area contributed by atoms with Gasteiger partial charge < -0.3 is 5.32 Å². The molecule has 0 saturated carbocycles. The van der Waals surface area contributed by atoms with E-state index in [1.165, 1.54) is 39.3 Å². The number of thiophene rings is 1. The van der Waals surface area contributed by atoms with E-state index in [1.807, 2.05) is 30.5 Å². The van der Waals surface area contributed by atoms with Gasteiger partial charge in [-0.25, -0.2) is 9.37 Å². The standard InChI is InChI=1S/C25H24FN3O2S2/c1-16-14-19(10-11-20(16)26)29-24(31)23-21(12-13-32-23)28-25(29)33-15-22(30)27-17(2)8-9-18-6-4-3-5-7-18/h3-7,10-14,17H,8-9,15H2,1-2H3,(H,27,30)/t17-/m0/s1. The van der Waals surface area contributed by atoms with Crippen LogP contribution in [0.3, 0.4) is 0 Å². The van der Waals surface area contributed by atoms with Crippen LogP contribution in [0.5, 0.6) is 0 Å². The molecule has 1 atom stereocenters. The molecule has 0 unspecified atom stereocenters. The largest absolute Gasteiger partial charge is 0.353 e. The number of carbonyl (C=O) groups is 1. The normalized spacial score (nSPS) is 12.1. The zero-order valence-electron chi connectivity index (χ0n) is 18.4. The molecule has 0 fully saturated rings. The van der Waals surface area contributed by atoms with E-state index in [-0.39, 0.29) is 29.1 Å². The molecule has 1 N–H and O–H groups in total. The van der Waals surface area contributed by atoms with Gasteiger partial charge in [-0.15, -0.1) is 11.3 Å². The quantitative estimate of drug-likeness (QED) is 0.280. The molecule has 2 aromatic carbocycles. The van der Waals surface area contributed by atoms with E-state index in [9.17, 15) is 14.0 Å². The molecule has 0 radical (unpaired) electrons. The fourth-order valence-electron chi connectivity index (χ4n) is 3.53. The Morgan fingerprint density at radius 2 is 2.00 bits per heavy atom. The number of fused-ring (bicyclic) bond motifs is 1. The van der Waals surface area contributed by atoms with Gasteiger partial charge in [-0.3, -0.25) is 14.2 Å². The van der Waals surface area contributed by atoms with E-state index in [1.54, 1.807) is 25.1 Å². The summed E-state index contributed by atoms with van der Waals surface area (Å²) in [7, 11) is 0. The molecule has 8 heteroatoms. The average Bonchev–Trinajstić information content (AvgIpc) is 3.28. The molecule has 0 saturated heterocycles. The molecule has 0 aliphatic rings. The number of aromatic nitrogens is 2. The van der Waals surface area contributed by atoms with Gasteiger partial charge >= 0.3 is 0 Å². The van der Waals surface area contributed by atoms with Gasteiger partial charge in [0.05, 0.1) is 17.0 Å². The molecule has 170 valence electrons. The smallest absolute Gasteiger partial charge is 0.276 e. The molecule has 4 rings (SSSR count). The van der Waals surface area contributed by atoms with Crippen LogP contribution < -0.4 is 10.9 Å². The van der Waals surface area contributed by atoms with Crippen molar-refractivity contribution >= 4 is 39.2 Å². The van der Waals surface area contributed by atoms with Crippen molar-refractivity contribution in [1.82, 2.24) is 14.9 Å². The maximum atomic E-state index is 13.8. The summed E-state index contributed by atoms with van der Waals surface area (Å²) in [6.45, 7) is 3.64. The summed E-state index contributed by atoms with van der Waals surface area (Å²) in [6, 6.07) is 16.5. The predicted octanol–water partition coefficient (Wildman–Crippen LogP) is 5.12. The molecule has 5 nitrogen and oxygen atoms in total. The Morgan fingerprint density at radius 3 is 2.76 bits per heavy atom. The van der Waals surface area contributed by atoms with Crippen LogP contribution in [0.2, 0.25) is 0 Å². The third-order valence-electron chi connectivity index (χ3n) is 5.30. The number of hydrogen-bond donors (Lipinski definition) is 1. The zero-order valence-corrected chi connectivity index (χ0v) is 20.0. The number of carbonyl (C=O) groups excluding carboxylic acids is 1. The van der Waals surface area contributed by atoms with Crippen molar-refractivity contribution in [1.29, 1.82) is 0 Å². The van der Waals surface area contributed by atoms with Crippen LogP contribution >= 0.6 is 23.1 Å². The van der Waals surface area contributed by atoms with Gasteiger partial charge in [-0.05, 0) is 67.5 Å². The zero-order chi connectivity index (χ0) is 23.4. The summed E-state index contributed by atoms with van der Waals surface area (Å²) < 4.78 is 15.8. The van der Waals surface area contributed by atoms with E-state index in [2.05, 4.69) is 22.4 Å². The number of rotatable bonds is 8. The number of aryl methyl sites for hydroxylation is 2. The second-order valence-electron chi connectivity index (χ2n) is 7.88. The highest BCUT2D eigenvalue weighted by Gasteiger charge is 2.17. The first-order chi connectivity index (χ1) is 15.9. The second kappa shape index (κ2) is 10.3. The van der Waals surface area contributed by atoms with Crippen LogP contribution in [0.4, 0.5) is 4.39 Å². The van der Waals surface area contributed by atoms with Gasteiger partial charge in [-0.1, -0.05) is 42.1 Å². The third kappa shape index (κ3) is 5.51. The highest BCUT2D eigenvalue weighted by Crippen LogP contribution is 2.24. The van der Waals surface area contributed by atoms with Crippen molar-refractivity contribution in [2.24, 2.45) is 0 Å². The number of amides is 1. The van der Waals surface area contributed by atoms with Gasteiger partial charge in [0.25, 0.3) is 5.56 Å².